The van der Waals surface area contributed by atoms with Gasteiger partial charge in [-0.05, 0) is 37.1 Å². The number of rotatable bonds is 5. The lowest BCUT2D eigenvalue weighted by atomic mass is 10.0. The highest BCUT2D eigenvalue weighted by molar-refractivity contribution is 5.82. The number of carbonyl (C=O) groups is 1. The number of Topliss-reactive ketones (excluding diaryl/α,β-unsaturated/α-hetero) is 1. The fourth-order valence-corrected chi connectivity index (χ4v) is 2.19. The van der Waals surface area contributed by atoms with Crippen molar-refractivity contribution in [2.45, 2.75) is 25.7 Å². The molecule has 0 atom stereocenters. The topological polar surface area (TPSA) is 35.5 Å². The summed E-state index contributed by atoms with van der Waals surface area (Å²) in [6.45, 7) is 0.191. The molecule has 0 amide bonds. The van der Waals surface area contributed by atoms with Crippen molar-refractivity contribution in [1.82, 2.24) is 0 Å². The van der Waals surface area contributed by atoms with E-state index in [2.05, 4.69) is 0 Å². The average Bonchev–Trinajstić information content (AvgIpc) is 2.90. The molecule has 3 heteroatoms. The number of ether oxygens (including phenoxy) is 2. The van der Waals surface area contributed by atoms with E-state index >= 15 is 0 Å². The van der Waals surface area contributed by atoms with Crippen LogP contribution in [0.3, 0.4) is 0 Å². The predicted molar refractivity (Wildman–Crippen MR) is 65.5 cm³/mol. The second kappa shape index (κ2) is 5.71. The minimum Gasteiger partial charge on any atom is -0.497 e. The molecule has 3 nitrogen and oxygen atoms in total. The first-order valence-electron chi connectivity index (χ1n) is 6.09. The summed E-state index contributed by atoms with van der Waals surface area (Å²) < 4.78 is 10.5. The molecule has 1 aromatic carbocycles. The monoisotopic (exact) mass is 234 g/mol. The summed E-state index contributed by atoms with van der Waals surface area (Å²) in [5.74, 6) is 1.98. The summed E-state index contributed by atoms with van der Waals surface area (Å²) >= 11 is 0. The quantitative estimate of drug-likeness (QED) is 0.785. The zero-order chi connectivity index (χ0) is 12.1. The van der Waals surface area contributed by atoms with Crippen LogP contribution in [-0.2, 0) is 4.79 Å². The molecule has 17 heavy (non-hydrogen) atoms. The van der Waals surface area contributed by atoms with Gasteiger partial charge in [0.05, 0.1) is 7.11 Å². The van der Waals surface area contributed by atoms with E-state index in [0.717, 1.165) is 24.3 Å². The Morgan fingerprint density at radius 3 is 2.35 bits per heavy atom. The van der Waals surface area contributed by atoms with Gasteiger partial charge in [0.15, 0.2) is 5.78 Å². The molecule has 2 rings (SSSR count). The van der Waals surface area contributed by atoms with Crippen molar-refractivity contribution in [3.8, 4) is 11.5 Å². The van der Waals surface area contributed by atoms with Crippen molar-refractivity contribution in [1.29, 1.82) is 0 Å². The molecule has 0 N–H and O–H groups in total. The largest absolute Gasteiger partial charge is 0.497 e. The van der Waals surface area contributed by atoms with Gasteiger partial charge in [0, 0.05) is 5.92 Å². The minimum atomic E-state index is 0.191. The molecule has 1 saturated carbocycles. The van der Waals surface area contributed by atoms with Crippen molar-refractivity contribution in [3.63, 3.8) is 0 Å². The highest BCUT2D eigenvalue weighted by Gasteiger charge is 2.22. The molecule has 1 aromatic rings. The summed E-state index contributed by atoms with van der Waals surface area (Å²) in [5.41, 5.74) is 0. The first kappa shape index (κ1) is 12.0. The molecule has 1 fully saturated rings. The molecule has 0 unspecified atom stereocenters. The zero-order valence-corrected chi connectivity index (χ0v) is 10.1. The van der Waals surface area contributed by atoms with Crippen LogP contribution in [0, 0.1) is 5.92 Å². The third kappa shape index (κ3) is 3.22. The molecule has 0 bridgehead atoms. The van der Waals surface area contributed by atoms with E-state index in [1.54, 1.807) is 7.11 Å². The summed E-state index contributed by atoms with van der Waals surface area (Å²) in [7, 11) is 1.62. The summed E-state index contributed by atoms with van der Waals surface area (Å²) in [6, 6.07) is 7.30. The van der Waals surface area contributed by atoms with Crippen molar-refractivity contribution < 1.29 is 14.3 Å². The van der Waals surface area contributed by atoms with Crippen LogP contribution in [0.1, 0.15) is 25.7 Å². The Morgan fingerprint density at radius 2 is 1.76 bits per heavy atom. The summed E-state index contributed by atoms with van der Waals surface area (Å²) in [4.78, 5) is 11.8. The van der Waals surface area contributed by atoms with Gasteiger partial charge in [0.25, 0.3) is 0 Å². The van der Waals surface area contributed by atoms with Crippen LogP contribution in [0.15, 0.2) is 24.3 Å². The fourth-order valence-electron chi connectivity index (χ4n) is 2.19. The minimum absolute atomic E-state index is 0.191. The van der Waals surface area contributed by atoms with Gasteiger partial charge in [-0.1, -0.05) is 12.8 Å². The van der Waals surface area contributed by atoms with Crippen LogP contribution in [0.25, 0.3) is 0 Å². The molecular formula is C14H18O3. The van der Waals surface area contributed by atoms with Gasteiger partial charge >= 0.3 is 0 Å². The van der Waals surface area contributed by atoms with E-state index in [0.29, 0.717) is 0 Å². The SMILES string of the molecule is COc1ccc(OCC(=O)C2CCCC2)cc1. The van der Waals surface area contributed by atoms with E-state index in [1.165, 1.54) is 12.8 Å². The lowest BCUT2D eigenvalue weighted by Gasteiger charge is -2.09. The molecule has 1 aliphatic carbocycles. The van der Waals surface area contributed by atoms with Crippen LogP contribution >= 0.6 is 0 Å². The van der Waals surface area contributed by atoms with Gasteiger partial charge in [-0.15, -0.1) is 0 Å². The molecule has 0 aliphatic heterocycles. The van der Waals surface area contributed by atoms with Crippen LogP contribution in [0.4, 0.5) is 0 Å². The Hall–Kier alpha value is -1.51. The van der Waals surface area contributed by atoms with Gasteiger partial charge in [0.2, 0.25) is 0 Å². The van der Waals surface area contributed by atoms with Gasteiger partial charge in [0.1, 0.15) is 18.1 Å². The Bertz CT molecular complexity index is 364. The predicted octanol–water partition coefficient (Wildman–Crippen LogP) is 2.83. The maximum atomic E-state index is 11.8. The third-order valence-corrected chi connectivity index (χ3v) is 3.25. The van der Waals surface area contributed by atoms with E-state index in [-0.39, 0.29) is 18.3 Å². The van der Waals surface area contributed by atoms with Crippen LogP contribution < -0.4 is 9.47 Å². The maximum absolute atomic E-state index is 11.8. The van der Waals surface area contributed by atoms with Gasteiger partial charge in [-0.3, -0.25) is 4.79 Å². The molecule has 92 valence electrons. The van der Waals surface area contributed by atoms with Crippen LogP contribution in [0.2, 0.25) is 0 Å². The average molecular weight is 234 g/mol. The highest BCUT2D eigenvalue weighted by atomic mass is 16.5. The van der Waals surface area contributed by atoms with Crippen molar-refractivity contribution in [2.24, 2.45) is 5.92 Å². The van der Waals surface area contributed by atoms with Crippen LogP contribution in [-0.4, -0.2) is 19.5 Å². The number of benzene rings is 1. The first-order chi connectivity index (χ1) is 8.29. The van der Waals surface area contributed by atoms with E-state index < -0.39 is 0 Å². The molecule has 0 aromatic heterocycles. The molecule has 1 aliphatic rings. The fraction of sp³-hybridized carbons (Fsp3) is 0.500. The van der Waals surface area contributed by atoms with E-state index in [4.69, 9.17) is 9.47 Å². The van der Waals surface area contributed by atoms with Crippen LogP contribution in [0.5, 0.6) is 11.5 Å². The second-order valence-electron chi connectivity index (χ2n) is 4.41. The van der Waals surface area contributed by atoms with Crippen molar-refractivity contribution in [2.75, 3.05) is 13.7 Å². The first-order valence-corrected chi connectivity index (χ1v) is 6.09. The Balaban J connectivity index is 1.82. The van der Waals surface area contributed by atoms with E-state index in [9.17, 15) is 4.79 Å². The smallest absolute Gasteiger partial charge is 0.173 e. The second-order valence-corrected chi connectivity index (χ2v) is 4.41. The maximum Gasteiger partial charge on any atom is 0.173 e. The number of hydrogen-bond acceptors (Lipinski definition) is 3. The molecule has 0 radical (unpaired) electrons. The van der Waals surface area contributed by atoms with Crippen molar-refractivity contribution in [3.05, 3.63) is 24.3 Å². The van der Waals surface area contributed by atoms with Gasteiger partial charge in [-0.25, -0.2) is 0 Å². The van der Waals surface area contributed by atoms with Crippen molar-refractivity contribution >= 4 is 5.78 Å². The lowest BCUT2D eigenvalue weighted by molar-refractivity contribution is -0.124. The molecular weight excluding hydrogens is 216 g/mol. The number of methoxy groups -OCH3 is 1. The standard InChI is InChI=1S/C14H18O3/c1-16-12-6-8-13(9-7-12)17-10-14(15)11-4-2-3-5-11/h6-9,11H,2-5,10H2,1H3. The van der Waals surface area contributed by atoms with Gasteiger partial charge in [-0.2, -0.15) is 0 Å². The highest BCUT2D eigenvalue weighted by Crippen LogP contribution is 2.25. The molecule has 0 saturated heterocycles. The lowest BCUT2D eigenvalue weighted by Crippen LogP contribution is -2.19. The molecule has 0 spiro atoms. The van der Waals surface area contributed by atoms with E-state index in [1.807, 2.05) is 24.3 Å². The summed E-state index contributed by atoms with van der Waals surface area (Å²) in [6.07, 6.45) is 4.42. The number of carbonyl (C=O) groups excluding carboxylic acids is 1. The van der Waals surface area contributed by atoms with Gasteiger partial charge < -0.3 is 9.47 Å². The third-order valence-electron chi connectivity index (χ3n) is 3.25. The Morgan fingerprint density at radius 1 is 1.18 bits per heavy atom. The zero-order valence-electron chi connectivity index (χ0n) is 10.1. The Kier molecular flexibility index (Phi) is 4.02. The molecule has 0 heterocycles. The Labute approximate surface area is 102 Å². The number of ketones is 1. The summed E-state index contributed by atoms with van der Waals surface area (Å²) in [5, 5.41) is 0. The number of hydrogen-bond donors (Lipinski definition) is 0. The normalized spacial score (nSPS) is 15.8.